The number of furan rings is 1. The van der Waals surface area contributed by atoms with E-state index in [1.54, 1.807) is 0 Å². The topological polar surface area (TPSA) is 105 Å². The molecule has 2 N–H and O–H groups in total. The quantitative estimate of drug-likeness (QED) is 0.846. The molecule has 8 heteroatoms. The Balaban J connectivity index is 2.43. The average molecular weight is 271 g/mol. The molecule has 0 aromatic carbocycles. The summed E-state index contributed by atoms with van der Waals surface area (Å²) in [6.07, 6.45) is 2.35. The van der Waals surface area contributed by atoms with Gasteiger partial charge < -0.3 is 9.52 Å². The normalized spacial score (nSPS) is 10.5. The fraction of sp³-hybridized carbons (Fsp3) is 0.100. The maximum absolute atomic E-state index is 11.5. The maximum atomic E-state index is 11.5. The lowest BCUT2D eigenvalue weighted by Crippen LogP contribution is -2.30. The van der Waals surface area contributed by atoms with E-state index in [4.69, 9.17) is 21.1 Å². The number of nitrogens with zero attached hydrogens (tertiary/aromatic N) is 1. The molecular weight excluding hydrogens is 264 g/mol. The van der Waals surface area contributed by atoms with Crippen molar-refractivity contribution in [2.75, 3.05) is 0 Å². The second-order valence-electron chi connectivity index (χ2n) is 3.44. The Morgan fingerprint density at radius 1 is 1.50 bits per heavy atom. The molecule has 2 aromatic heterocycles. The number of H-pyrrole nitrogens is 1. The minimum atomic E-state index is -1.24. The molecule has 0 bridgehead atoms. The Morgan fingerprint density at radius 3 is 2.89 bits per heavy atom. The summed E-state index contributed by atoms with van der Waals surface area (Å²) in [5, 5.41) is 8.68. The molecule has 0 saturated carbocycles. The summed E-state index contributed by atoms with van der Waals surface area (Å²) in [6.45, 7) is -0.0620. The number of halogens is 1. The van der Waals surface area contributed by atoms with Crippen molar-refractivity contribution in [3.05, 3.63) is 55.7 Å². The number of aromatic amines is 1. The average Bonchev–Trinajstić information content (AvgIpc) is 2.74. The van der Waals surface area contributed by atoms with E-state index in [-0.39, 0.29) is 17.3 Å². The molecule has 2 rings (SSSR count). The van der Waals surface area contributed by atoms with E-state index in [0.717, 1.165) is 10.8 Å². The second kappa shape index (κ2) is 4.53. The van der Waals surface area contributed by atoms with Gasteiger partial charge in [0.1, 0.15) is 5.02 Å². The minimum Gasteiger partial charge on any atom is -0.475 e. The Morgan fingerprint density at radius 2 is 2.22 bits per heavy atom. The molecule has 0 aliphatic heterocycles. The standard InChI is InChI=1S/C10H7ClN2O5/c11-6-4-13(10(17)12-8(6)14)3-5-1-2-18-7(5)9(15)16/h1-2,4H,3H2,(H,15,16)(H,12,14,17). The van der Waals surface area contributed by atoms with Crippen LogP contribution in [0.3, 0.4) is 0 Å². The summed E-state index contributed by atoms with van der Waals surface area (Å²) in [6, 6.07) is 1.43. The van der Waals surface area contributed by atoms with E-state index in [1.807, 2.05) is 4.98 Å². The Hall–Kier alpha value is -2.28. The fourth-order valence-electron chi connectivity index (χ4n) is 1.43. The van der Waals surface area contributed by atoms with Gasteiger partial charge in [-0.25, -0.2) is 9.59 Å². The number of hydrogen-bond donors (Lipinski definition) is 2. The highest BCUT2D eigenvalue weighted by atomic mass is 35.5. The van der Waals surface area contributed by atoms with Crippen LogP contribution in [0, 0.1) is 0 Å². The number of carbonyl (C=O) groups is 1. The van der Waals surface area contributed by atoms with Gasteiger partial charge in [-0.05, 0) is 6.07 Å². The highest BCUT2D eigenvalue weighted by molar-refractivity contribution is 6.30. The van der Waals surface area contributed by atoms with Gasteiger partial charge in [0.05, 0.1) is 12.8 Å². The zero-order valence-electron chi connectivity index (χ0n) is 8.84. The van der Waals surface area contributed by atoms with Gasteiger partial charge in [-0.15, -0.1) is 0 Å². The van der Waals surface area contributed by atoms with Crippen LogP contribution >= 0.6 is 11.6 Å². The first kappa shape index (κ1) is 12.2. The Kier molecular flexibility index (Phi) is 3.07. The van der Waals surface area contributed by atoms with Gasteiger partial charge in [0.25, 0.3) is 5.56 Å². The number of carboxylic acids is 1. The number of nitrogens with one attached hydrogen (secondary N) is 1. The zero-order chi connectivity index (χ0) is 13.3. The molecular formula is C10H7ClN2O5. The molecule has 0 spiro atoms. The summed E-state index contributed by atoms with van der Waals surface area (Å²) < 4.78 is 5.86. The highest BCUT2D eigenvalue weighted by Crippen LogP contribution is 2.11. The van der Waals surface area contributed by atoms with Gasteiger partial charge in [0.15, 0.2) is 0 Å². The molecule has 0 aliphatic rings. The first-order chi connectivity index (χ1) is 8.49. The monoisotopic (exact) mass is 270 g/mol. The fourth-order valence-corrected chi connectivity index (χ4v) is 1.60. The van der Waals surface area contributed by atoms with Gasteiger partial charge in [-0.2, -0.15) is 0 Å². The number of carboxylic acid groups (broad SMARTS) is 1. The van der Waals surface area contributed by atoms with Crippen LogP contribution < -0.4 is 11.2 Å². The molecule has 0 fully saturated rings. The molecule has 0 saturated heterocycles. The van der Waals surface area contributed by atoms with Crippen LogP contribution in [0.25, 0.3) is 0 Å². The molecule has 2 aromatic rings. The second-order valence-corrected chi connectivity index (χ2v) is 3.85. The molecule has 0 radical (unpaired) electrons. The molecule has 0 amide bonds. The van der Waals surface area contributed by atoms with Crippen LogP contribution in [0.2, 0.25) is 5.02 Å². The minimum absolute atomic E-state index is 0.0620. The molecule has 0 atom stereocenters. The van der Waals surface area contributed by atoms with E-state index < -0.39 is 17.2 Å². The highest BCUT2D eigenvalue weighted by Gasteiger charge is 2.15. The summed E-state index contributed by atoms with van der Waals surface area (Å²) in [7, 11) is 0. The molecule has 94 valence electrons. The predicted molar refractivity (Wildman–Crippen MR) is 61.1 cm³/mol. The van der Waals surface area contributed by atoms with E-state index in [9.17, 15) is 14.4 Å². The lowest BCUT2D eigenvalue weighted by molar-refractivity contribution is 0.0660. The van der Waals surface area contributed by atoms with Crippen molar-refractivity contribution in [2.24, 2.45) is 0 Å². The van der Waals surface area contributed by atoms with Crippen LogP contribution in [0.5, 0.6) is 0 Å². The number of aromatic nitrogens is 2. The van der Waals surface area contributed by atoms with Gasteiger partial charge in [0.2, 0.25) is 5.76 Å². The third kappa shape index (κ3) is 2.21. The van der Waals surface area contributed by atoms with Crippen molar-refractivity contribution in [2.45, 2.75) is 6.54 Å². The molecule has 0 aliphatic carbocycles. The molecule has 7 nitrogen and oxygen atoms in total. The van der Waals surface area contributed by atoms with Crippen molar-refractivity contribution in [1.82, 2.24) is 9.55 Å². The van der Waals surface area contributed by atoms with E-state index in [2.05, 4.69) is 0 Å². The van der Waals surface area contributed by atoms with Crippen molar-refractivity contribution in [3.63, 3.8) is 0 Å². The van der Waals surface area contributed by atoms with Crippen molar-refractivity contribution in [3.8, 4) is 0 Å². The molecule has 18 heavy (non-hydrogen) atoms. The van der Waals surface area contributed by atoms with Crippen molar-refractivity contribution in [1.29, 1.82) is 0 Å². The van der Waals surface area contributed by atoms with Crippen molar-refractivity contribution < 1.29 is 14.3 Å². The Bertz CT molecular complexity index is 712. The maximum Gasteiger partial charge on any atom is 0.372 e. The van der Waals surface area contributed by atoms with Gasteiger partial charge in [-0.1, -0.05) is 11.6 Å². The van der Waals surface area contributed by atoms with Crippen LogP contribution in [0.15, 0.2) is 32.5 Å². The SMILES string of the molecule is O=C(O)c1occc1Cn1cc(Cl)c(=O)[nH]c1=O. The first-order valence-corrected chi connectivity index (χ1v) is 5.16. The smallest absolute Gasteiger partial charge is 0.372 e. The summed E-state index contributed by atoms with van der Waals surface area (Å²) >= 11 is 5.59. The lowest BCUT2D eigenvalue weighted by Gasteiger charge is -2.04. The number of aromatic carboxylic acids is 1. The van der Waals surface area contributed by atoms with Crippen LogP contribution in [0.4, 0.5) is 0 Å². The van der Waals surface area contributed by atoms with Crippen LogP contribution in [-0.4, -0.2) is 20.6 Å². The van der Waals surface area contributed by atoms with Crippen LogP contribution in [-0.2, 0) is 6.54 Å². The third-order valence-corrected chi connectivity index (χ3v) is 2.52. The molecule has 2 heterocycles. The van der Waals surface area contributed by atoms with Crippen LogP contribution in [0.1, 0.15) is 16.1 Å². The summed E-state index contributed by atoms with van der Waals surface area (Å²) in [4.78, 5) is 35.4. The lowest BCUT2D eigenvalue weighted by atomic mass is 10.2. The number of rotatable bonds is 3. The third-order valence-electron chi connectivity index (χ3n) is 2.25. The number of hydrogen-bond acceptors (Lipinski definition) is 4. The first-order valence-electron chi connectivity index (χ1n) is 4.78. The van der Waals surface area contributed by atoms with E-state index in [0.29, 0.717) is 5.56 Å². The van der Waals surface area contributed by atoms with Crippen molar-refractivity contribution >= 4 is 17.6 Å². The van der Waals surface area contributed by atoms with Gasteiger partial charge in [0, 0.05) is 11.8 Å². The van der Waals surface area contributed by atoms with E-state index in [1.165, 1.54) is 12.3 Å². The summed E-state index contributed by atoms with van der Waals surface area (Å²) in [5.74, 6) is -1.50. The van der Waals surface area contributed by atoms with E-state index >= 15 is 0 Å². The summed E-state index contributed by atoms with van der Waals surface area (Å²) in [5.41, 5.74) is -1.07. The van der Waals surface area contributed by atoms with Gasteiger partial charge >= 0.3 is 11.7 Å². The zero-order valence-corrected chi connectivity index (χ0v) is 9.60. The predicted octanol–water partition coefficient (Wildman–Crippen LogP) is 0.529. The Labute approximate surface area is 104 Å². The van der Waals surface area contributed by atoms with Gasteiger partial charge in [-0.3, -0.25) is 14.3 Å². The molecule has 0 unspecified atom stereocenters. The largest absolute Gasteiger partial charge is 0.475 e.